The molecule has 2 aromatic carbocycles. The van der Waals surface area contributed by atoms with Crippen molar-refractivity contribution in [1.29, 1.82) is 0 Å². The number of carbonyl (C=O) groups excluding carboxylic acids is 3. The highest BCUT2D eigenvalue weighted by molar-refractivity contribution is 5.90. The monoisotopic (exact) mass is 479 g/mol. The van der Waals surface area contributed by atoms with Crippen LogP contribution in [-0.2, 0) is 14.4 Å². The van der Waals surface area contributed by atoms with Gasteiger partial charge in [0.1, 0.15) is 6.04 Å². The van der Waals surface area contributed by atoms with Gasteiger partial charge in [0.25, 0.3) is 0 Å². The number of amides is 3. The van der Waals surface area contributed by atoms with Gasteiger partial charge in [-0.05, 0) is 50.9 Å². The van der Waals surface area contributed by atoms with Crippen molar-refractivity contribution in [1.82, 2.24) is 26.6 Å². The van der Waals surface area contributed by atoms with Crippen molar-refractivity contribution in [3.05, 3.63) is 71.8 Å². The van der Waals surface area contributed by atoms with Crippen molar-refractivity contribution in [2.75, 3.05) is 20.1 Å². The predicted octanol–water partition coefficient (Wildman–Crippen LogP) is 1.63. The molecule has 1 saturated heterocycles. The van der Waals surface area contributed by atoms with E-state index in [4.69, 9.17) is 0 Å². The Bertz CT molecular complexity index is 914. The SMILES string of the molecule is CNC(C)C(=O)NC1CNCCC(CCCC(=O)NC(c2ccccc2)c2ccccc2)NC1=O. The molecule has 1 heterocycles. The van der Waals surface area contributed by atoms with Crippen LogP contribution in [-0.4, -0.2) is 56.0 Å². The minimum absolute atomic E-state index is 0.0239. The van der Waals surface area contributed by atoms with Crippen LogP contribution in [0, 0.1) is 0 Å². The molecule has 1 aliphatic rings. The van der Waals surface area contributed by atoms with Gasteiger partial charge in [0.05, 0.1) is 12.1 Å². The third-order valence-corrected chi connectivity index (χ3v) is 6.35. The molecule has 0 aromatic heterocycles. The van der Waals surface area contributed by atoms with Gasteiger partial charge in [-0.15, -0.1) is 0 Å². The van der Waals surface area contributed by atoms with Crippen LogP contribution >= 0.6 is 0 Å². The standard InChI is InChI=1S/C27H37N5O3/c1-19(28-2)26(34)31-23-18-29-17-16-22(30-27(23)35)14-9-15-24(33)32-25(20-10-5-3-6-11-20)21-12-7-4-8-13-21/h3-8,10-13,19,22-23,25,28-29H,9,14-18H2,1-2H3,(H,30,35)(H,31,34)(H,32,33). The summed E-state index contributed by atoms with van der Waals surface area (Å²) >= 11 is 0. The van der Waals surface area contributed by atoms with Gasteiger partial charge in [0.15, 0.2) is 0 Å². The molecule has 0 bridgehead atoms. The summed E-state index contributed by atoms with van der Waals surface area (Å²) in [5, 5.41) is 15.1. The third kappa shape index (κ3) is 8.19. The second-order valence-electron chi connectivity index (χ2n) is 8.98. The molecule has 3 amide bonds. The average molecular weight is 480 g/mol. The summed E-state index contributed by atoms with van der Waals surface area (Å²) in [5.41, 5.74) is 2.07. The van der Waals surface area contributed by atoms with Gasteiger partial charge < -0.3 is 26.6 Å². The molecule has 1 aliphatic heterocycles. The lowest BCUT2D eigenvalue weighted by atomic mass is 9.98. The van der Waals surface area contributed by atoms with E-state index >= 15 is 0 Å². The Balaban J connectivity index is 1.51. The van der Waals surface area contributed by atoms with Crippen LogP contribution < -0.4 is 26.6 Å². The number of rotatable bonds is 10. The Morgan fingerprint density at radius 2 is 1.66 bits per heavy atom. The first-order valence-electron chi connectivity index (χ1n) is 12.4. The average Bonchev–Trinajstić information content (AvgIpc) is 2.88. The highest BCUT2D eigenvalue weighted by Crippen LogP contribution is 2.22. The topological polar surface area (TPSA) is 111 Å². The Kier molecular flexibility index (Phi) is 10.3. The third-order valence-electron chi connectivity index (χ3n) is 6.35. The van der Waals surface area contributed by atoms with E-state index in [0.29, 0.717) is 25.8 Å². The predicted molar refractivity (Wildman–Crippen MR) is 137 cm³/mol. The first-order valence-corrected chi connectivity index (χ1v) is 12.4. The van der Waals surface area contributed by atoms with Gasteiger partial charge in [0, 0.05) is 19.0 Å². The number of carbonyl (C=O) groups is 3. The van der Waals surface area contributed by atoms with Gasteiger partial charge in [-0.25, -0.2) is 0 Å². The molecular formula is C27H37N5O3. The van der Waals surface area contributed by atoms with Gasteiger partial charge in [-0.1, -0.05) is 60.7 Å². The molecule has 1 fully saturated rings. The van der Waals surface area contributed by atoms with Crippen molar-refractivity contribution in [2.24, 2.45) is 0 Å². The highest BCUT2D eigenvalue weighted by Gasteiger charge is 2.26. The van der Waals surface area contributed by atoms with E-state index in [-0.39, 0.29) is 35.8 Å². The van der Waals surface area contributed by atoms with Crippen molar-refractivity contribution in [3.8, 4) is 0 Å². The molecule has 0 radical (unpaired) electrons. The highest BCUT2D eigenvalue weighted by atomic mass is 16.2. The van der Waals surface area contributed by atoms with E-state index in [9.17, 15) is 14.4 Å². The lowest BCUT2D eigenvalue weighted by Gasteiger charge is -2.28. The molecule has 3 rings (SSSR count). The molecule has 3 atom stereocenters. The molecule has 0 aliphatic carbocycles. The summed E-state index contributed by atoms with van der Waals surface area (Å²) in [6.45, 7) is 2.87. The zero-order valence-corrected chi connectivity index (χ0v) is 20.6. The molecule has 188 valence electrons. The van der Waals surface area contributed by atoms with Crippen LogP contribution in [0.15, 0.2) is 60.7 Å². The number of benzene rings is 2. The maximum absolute atomic E-state index is 12.8. The fraction of sp³-hybridized carbons (Fsp3) is 0.444. The van der Waals surface area contributed by atoms with Crippen LogP contribution in [0.25, 0.3) is 0 Å². The van der Waals surface area contributed by atoms with E-state index in [1.807, 2.05) is 60.7 Å². The molecule has 35 heavy (non-hydrogen) atoms. The molecule has 2 aromatic rings. The summed E-state index contributed by atoms with van der Waals surface area (Å²) in [6, 6.07) is 18.6. The molecule has 3 unspecified atom stereocenters. The maximum atomic E-state index is 12.8. The fourth-order valence-corrected chi connectivity index (χ4v) is 4.14. The normalized spacial score (nSPS) is 19.2. The van der Waals surface area contributed by atoms with Crippen LogP contribution in [0.5, 0.6) is 0 Å². The summed E-state index contributed by atoms with van der Waals surface area (Å²) in [6.07, 6.45) is 2.49. The number of hydrogen-bond donors (Lipinski definition) is 5. The summed E-state index contributed by atoms with van der Waals surface area (Å²) < 4.78 is 0. The molecule has 8 heteroatoms. The second kappa shape index (κ2) is 13.6. The quantitative estimate of drug-likeness (QED) is 0.356. The first-order chi connectivity index (χ1) is 17.0. The van der Waals surface area contributed by atoms with Crippen LogP contribution in [0.2, 0.25) is 0 Å². The first kappa shape index (κ1) is 26.4. The lowest BCUT2D eigenvalue weighted by Crippen LogP contribution is -2.58. The molecule has 0 saturated carbocycles. The Labute approximate surface area is 207 Å². The summed E-state index contributed by atoms with van der Waals surface area (Å²) in [7, 11) is 1.70. The van der Waals surface area contributed by atoms with E-state index < -0.39 is 6.04 Å². The van der Waals surface area contributed by atoms with E-state index in [0.717, 1.165) is 24.1 Å². The number of likely N-dealkylation sites (N-methyl/N-ethyl adjacent to an activating group) is 1. The lowest BCUT2D eigenvalue weighted by molar-refractivity contribution is -0.130. The van der Waals surface area contributed by atoms with Crippen LogP contribution in [0.3, 0.4) is 0 Å². The second-order valence-corrected chi connectivity index (χ2v) is 8.98. The Morgan fingerprint density at radius 3 is 2.26 bits per heavy atom. The van der Waals surface area contributed by atoms with Gasteiger partial charge in [-0.3, -0.25) is 14.4 Å². The van der Waals surface area contributed by atoms with Gasteiger partial charge >= 0.3 is 0 Å². The van der Waals surface area contributed by atoms with Gasteiger partial charge in [-0.2, -0.15) is 0 Å². The van der Waals surface area contributed by atoms with E-state index in [2.05, 4.69) is 26.6 Å². The van der Waals surface area contributed by atoms with Crippen LogP contribution in [0.4, 0.5) is 0 Å². The Hall–Kier alpha value is -3.23. The van der Waals surface area contributed by atoms with E-state index in [1.54, 1.807) is 14.0 Å². The smallest absolute Gasteiger partial charge is 0.244 e. The molecule has 0 spiro atoms. The van der Waals surface area contributed by atoms with Crippen molar-refractivity contribution in [3.63, 3.8) is 0 Å². The minimum Gasteiger partial charge on any atom is -0.351 e. The van der Waals surface area contributed by atoms with Crippen molar-refractivity contribution in [2.45, 2.75) is 56.8 Å². The maximum Gasteiger partial charge on any atom is 0.244 e. The number of hydrogen-bond acceptors (Lipinski definition) is 5. The zero-order valence-electron chi connectivity index (χ0n) is 20.6. The molecular weight excluding hydrogens is 442 g/mol. The van der Waals surface area contributed by atoms with Crippen molar-refractivity contribution >= 4 is 17.7 Å². The van der Waals surface area contributed by atoms with Crippen LogP contribution in [0.1, 0.15) is 49.8 Å². The molecule has 5 N–H and O–H groups in total. The largest absolute Gasteiger partial charge is 0.351 e. The van der Waals surface area contributed by atoms with Crippen molar-refractivity contribution < 1.29 is 14.4 Å². The van der Waals surface area contributed by atoms with E-state index in [1.165, 1.54) is 0 Å². The molecule has 8 nitrogen and oxygen atoms in total. The summed E-state index contributed by atoms with van der Waals surface area (Å²) in [4.78, 5) is 37.7. The Morgan fingerprint density at radius 1 is 1.03 bits per heavy atom. The zero-order chi connectivity index (χ0) is 25.0. The number of nitrogens with one attached hydrogen (secondary N) is 5. The summed E-state index contributed by atoms with van der Waals surface area (Å²) in [5.74, 6) is -0.435. The minimum atomic E-state index is -0.623. The fourth-order valence-electron chi connectivity index (χ4n) is 4.14. The van der Waals surface area contributed by atoms with Gasteiger partial charge in [0.2, 0.25) is 17.7 Å².